The van der Waals surface area contributed by atoms with Gasteiger partial charge in [-0.05, 0) is 72.5 Å². The summed E-state index contributed by atoms with van der Waals surface area (Å²) in [6.07, 6.45) is 3.36. The molecule has 1 aromatic heterocycles. The number of hydrogen-bond donors (Lipinski definition) is 0. The molecule has 0 saturated carbocycles. The molecular weight excluding hydrogens is 584 g/mol. The summed E-state index contributed by atoms with van der Waals surface area (Å²) in [6, 6.07) is 20.4. The summed E-state index contributed by atoms with van der Waals surface area (Å²) in [4.78, 5) is 23.7. The predicted octanol–water partition coefficient (Wildman–Crippen LogP) is 8.07. The van der Waals surface area contributed by atoms with Crippen LogP contribution in [0.25, 0.3) is 11.0 Å². The molecule has 0 unspecified atom stereocenters. The normalized spacial score (nSPS) is 15.0. The van der Waals surface area contributed by atoms with Crippen molar-refractivity contribution >= 4 is 28.5 Å². The number of nitrogens with zero attached hydrogens (tertiary/aromatic N) is 4. The van der Waals surface area contributed by atoms with Gasteiger partial charge in [0.1, 0.15) is 5.82 Å². The number of rotatable bonds is 12. The van der Waals surface area contributed by atoms with Crippen LogP contribution in [0.4, 0.5) is 0 Å². The van der Waals surface area contributed by atoms with Crippen LogP contribution in [0.2, 0.25) is 5.02 Å². The van der Waals surface area contributed by atoms with E-state index in [2.05, 4.69) is 73.6 Å². The Hall–Kier alpha value is -3.55. The van der Waals surface area contributed by atoms with Gasteiger partial charge in [-0.2, -0.15) is 0 Å². The minimum Gasteiger partial charge on any atom is -0.493 e. The van der Waals surface area contributed by atoms with Crippen molar-refractivity contribution in [3.63, 3.8) is 0 Å². The molecule has 3 aromatic carbocycles. The van der Waals surface area contributed by atoms with Crippen molar-refractivity contribution in [2.75, 3.05) is 33.9 Å². The van der Waals surface area contributed by atoms with E-state index >= 15 is 0 Å². The summed E-state index contributed by atoms with van der Waals surface area (Å²) >= 11 is 6.74. The number of fused-ring (bicyclic) bond motifs is 1. The highest BCUT2D eigenvalue weighted by molar-refractivity contribution is 6.35. The third kappa shape index (κ3) is 7.64. The first kappa shape index (κ1) is 32.8. The molecule has 45 heavy (non-hydrogen) atoms. The maximum Gasteiger partial charge on any atom is 0.255 e. The van der Waals surface area contributed by atoms with Gasteiger partial charge in [-0.15, -0.1) is 0 Å². The number of piperidine rings is 1. The Morgan fingerprint density at radius 3 is 2.40 bits per heavy atom. The van der Waals surface area contributed by atoms with Crippen LogP contribution in [0.3, 0.4) is 0 Å². The fourth-order valence-electron chi connectivity index (χ4n) is 6.44. The quantitative estimate of drug-likeness (QED) is 0.158. The topological polar surface area (TPSA) is 59.8 Å². The maximum atomic E-state index is 14.2. The van der Waals surface area contributed by atoms with E-state index in [9.17, 15) is 4.79 Å². The number of carbonyl (C=O) groups is 1. The van der Waals surface area contributed by atoms with Crippen molar-refractivity contribution in [2.24, 2.45) is 11.3 Å². The van der Waals surface area contributed by atoms with Gasteiger partial charge in [0.15, 0.2) is 11.5 Å². The highest BCUT2D eigenvalue weighted by atomic mass is 35.5. The lowest BCUT2D eigenvalue weighted by molar-refractivity contribution is 0.0729. The molecule has 0 N–H and O–H groups in total. The van der Waals surface area contributed by atoms with Gasteiger partial charge >= 0.3 is 0 Å². The second kappa shape index (κ2) is 14.3. The van der Waals surface area contributed by atoms with E-state index < -0.39 is 0 Å². The van der Waals surface area contributed by atoms with Crippen molar-refractivity contribution in [3.8, 4) is 11.5 Å². The van der Waals surface area contributed by atoms with Crippen LogP contribution in [0.5, 0.6) is 11.5 Å². The summed E-state index contributed by atoms with van der Waals surface area (Å²) in [7, 11) is 3.08. The van der Waals surface area contributed by atoms with Crippen LogP contribution >= 0.6 is 11.6 Å². The highest BCUT2D eigenvalue weighted by Crippen LogP contribution is 2.38. The van der Waals surface area contributed by atoms with Crippen molar-refractivity contribution in [2.45, 2.75) is 66.6 Å². The summed E-state index contributed by atoms with van der Waals surface area (Å²) in [5.74, 6) is 1.95. The molecule has 8 heteroatoms. The van der Waals surface area contributed by atoms with Crippen molar-refractivity contribution in [1.29, 1.82) is 0 Å². The van der Waals surface area contributed by atoms with Crippen LogP contribution in [-0.4, -0.2) is 59.1 Å². The maximum absolute atomic E-state index is 14.2. The molecule has 0 atom stereocenters. The van der Waals surface area contributed by atoms with Crippen molar-refractivity contribution in [3.05, 3.63) is 88.2 Å². The van der Waals surface area contributed by atoms with E-state index in [1.807, 2.05) is 17.0 Å². The molecule has 240 valence electrons. The predicted molar refractivity (Wildman–Crippen MR) is 182 cm³/mol. The second-order valence-corrected chi connectivity index (χ2v) is 13.8. The molecule has 1 fully saturated rings. The Balaban J connectivity index is 1.49. The van der Waals surface area contributed by atoms with Crippen LogP contribution in [-0.2, 0) is 19.6 Å². The van der Waals surface area contributed by atoms with Crippen LogP contribution in [0, 0.1) is 11.3 Å². The summed E-state index contributed by atoms with van der Waals surface area (Å²) in [5, 5.41) is 0.250. The molecule has 0 bridgehead atoms. The Kier molecular flexibility index (Phi) is 10.4. The number of aromatic nitrogens is 2. The number of imidazole rings is 1. The van der Waals surface area contributed by atoms with Gasteiger partial charge < -0.3 is 18.9 Å². The molecule has 0 spiro atoms. The molecule has 7 nitrogen and oxygen atoms in total. The number of carbonyl (C=O) groups excluding carboxylic acids is 1. The lowest BCUT2D eigenvalue weighted by Gasteiger charge is -2.38. The minimum absolute atomic E-state index is 0.159. The van der Waals surface area contributed by atoms with Gasteiger partial charge in [0.2, 0.25) is 0 Å². The monoisotopic (exact) mass is 630 g/mol. The Morgan fingerprint density at radius 1 is 1.00 bits per heavy atom. The Labute approximate surface area is 273 Å². The lowest BCUT2D eigenvalue weighted by Crippen LogP contribution is -2.39. The number of methoxy groups -OCH3 is 2. The average molecular weight is 631 g/mol. The van der Waals surface area contributed by atoms with Crippen molar-refractivity contribution in [1.82, 2.24) is 19.4 Å². The number of benzene rings is 3. The van der Waals surface area contributed by atoms with Gasteiger partial charge in [0, 0.05) is 26.2 Å². The van der Waals surface area contributed by atoms with E-state index in [0.29, 0.717) is 48.0 Å². The van der Waals surface area contributed by atoms with E-state index in [-0.39, 0.29) is 10.9 Å². The second-order valence-electron chi connectivity index (χ2n) is 13.4. The van der Waals surface area contributed by atoms with Gasteiger partial charge in [-0.25, -0.2) is 4.98 Å². The zero-order chi connectivity index (χ0) is 32.1. The van der Waals surface area contributed by atoms with Gasteiger partial charge in [-0.3, -0.25) is 9.69 Å². The number of hydrogen-bond acceptors (Lipinski definition) is 5. The van der Waals surface area contributed by atoms with Crippen LogP contribution in [0.15, 0.2) is 60.7 Å². The third-order valence-electron chi connectivity index (χ3n) is 8.87. The first-order chi connectivity index (χ1) is 21.6. The summed E-state index contributed by atoms with van der Waals surface area (Å²) < 4.78 is 13.2. The number of amides is 1. The minimum atomic E-state index is -0.159. The van der Waals surface area contributed by atoms with E-state index in [0.717, 1.165) is 42.9 Å². The molecule has 1 aliphatic rings. The number of ether oxygens (including phenoxy) is 2. The molecule has 0 radical (unpaired) electrons. The molecule has 5 rings (SSSR count). The van der Waals surface area contributed by atoms with E-state index in [1.165, 1.54) is 31.1 Å². The Morgan fingerprint density at radius 2 is 1.71 bits per heavy atom. The largest absolute Gasteiger partial charge is 0.493 e. The smallest absolute Gasteiger partial charge is 0.255 e. The van der Waals surface area contributed by atoms with Gasteiger partial charge in [-0.1, -0.05) is 75.7 Å². The number of halogens is 1. The third-order valence-corrected chi connectivity index (χ3v) is 9.24. The molecule has 4 aromatic rings. The molecule has 0 aliphatic carbocycles. The van der Waals surface area contributed by atoms with Gasteiger partial charge in [0.05, 0.1) is 42.4 Å². The average Bonchev–Trinajstić information content (AvgIpc) is 3.35. The van der Waals surface area contributed by atoms with Gasteiger partial charge in [0.25, 0.3) is 5.91 Å². The van der Waals surface area contributed by atoms with E-state index in [1.54, 1.807) is 19.2 Å². The molecular formula is C37H47ClN4O3. The first-order valence-corrected chi connectivity index (χ1v) is 16.4. The molecule has 1 aliphatic heterocycles. The lowest BCUT2D eigenvalue weighted by atomic mass is 9.84. The highest BCUT2D eigenvalue weighted by Gasteiger charge is 2.28. The molecule has 1 saturated heterocycles. The Bertz CT molecular complexity index is 1630. The summed E-state index contributed by atoms with van der Waals surface area (Å²) in [5.41, 5.74) is 5.31. The standard InChI is InChI=1S/C37H47ClN4O3/c1-26(2)18-21-41(36(43)29-16-17-32(44-5)35(45-6)34(29)38)24-33-39-30-14-9-10-15-31(30)42(33)23-28-13-8-7-12-27(28)22-40-20-11-19-37(3,4)25-40/h7-10,12-17,26H,11,18-25H2,1-6H3. The van der Waals surface area contributed by atoms with E-state index in [4.69, 9.17) is 26.1 Å². The fourth-order valence-corrected chi connectivity index (χ4v) is 6.76. The summed E-state index contributed by atoms with van der Waals surface area (Å²) in [6.45, 7) is 13.8. The molecule has 1 amide bonds. The zero-order valence-corrected chi connectivity index (χ0v) is 28.4. The zero-order valence-electron chi connectivity index (χ0n) is 27.6. The fraction of sp³-hybridized carbons (Fsp3) is 0.459. The number of likely N-dealkylation sites (tertiary alicyclic amines) is 1. The first-order valence-electron chi connectivity index (χ1n) is 16.0. The van der Waals surface area contributed by atoms with Crippen LogP contribution in [0.1, 0.15) is 74.3 Å². The van der Waals surface area contributed by atoms with Crippen LogP contribution < -0.4 is 9.47 Å². The van der Waals surface area contributed by atoms with Crippen molar-refractivity contribution < 1.29 is 14.3 Å². The molecule has 2 heterocycles. The number of para-hydroxylation sites is 2. The SMILES string of the molecule is COc1ccc(C(=O)N(CCC(C)C)Cc2nc3ccccc3n2Cc2ccccc2CN2CCCC(C)(C)C2)c(Cl)c1OC.